The van der Waals surface area contributed by atoms with Crippen LogP contribution in [0, 0.1) is 0 Å². The zero-order valence-corrected chi connectivity index (χ0v) is 10.3. The Bertz CT molecular complexity index is 534. The second-order valence-electron chi connectivity index (χ2n) is 4.72. The van der Waals surface area contributed by atoms with Gasteiger partial charge in [0.2, 0.25) is 0 Å². The summed E-state index contributed by atoms with van der Waals surface area (Å²) in [5.41, 5.74) is 5.83. The summed E-state index contributed by atoms with van der Waals surface area (Å²) in [6.07, 6.45) is 4.02. The maximum atomic E-state index is 5.83. The van der Waals surface area contributed by atoms with Crippen molar-refractivity contribution < 1.29 is 4.42 Å². The minimum absolute atomic E-state index is 0.504. The van der Waals surface area contributed by atoms with Gasteiger partial charge in [0, 0.05) is 19.0 Å². The van der Waals surface area contributed by atoms with Crippen molar-refractivity contribution in [2.75, 3.05) is 17.7 Å². The van der Waals surface area contributed by atoms with Gasteiger partial charge >= 0.3 is 0 Å². The molecule has 18 heavy (non-hydrogen) atoms. The molecule has 2 N–H and O–H groups in total. The van der Waals surface area contributed by atoms with Crippen molar-refractivity contribution in [3.8, 4) is 0 Å². The zero-order valence-electron chi connectivity index (χ0n) is 10.3. The standard InChI is InChI=1S/C13H16N4O/c1-17(8-10-3-2-6-18-10)12-7-11(14)15-13(16-12)9-4-5-9/h2-3,6-7,9H,4-5,8H2,1H3,(H2,14,15,16). The fourth-order valence-electron chi connectivity index (χ4n) is 1.91. The highest BCUT2D eigenvalue weighted by Gasteiger charge is 2.27. The van der Waals surface area contributed by atoms with E-state index in [9.17, 15) is 0 Å². The fourth-order valence-corrected chi connectivity index (χ4v) is 1.91. The molecule has 94 valence electrons. The lowest BCUT2D eigenvalue weighted by atomic mass is 10.3. The number of furan rings is 1. The molecule has 1 saturated carbocycles. The van der Waals surface area contributed by atoms with Gasteiger partial charge in [-0.15, -0.1) is 0 Å². The first kappa shape index (κ1) is 11.1. The van der Waals surface area contributed by atoms with Gasteiger partial charge in [0.1, 0.15) is 23.2 Å². The summed E-state index contributed by atoms with van der Waals surface area (Å²) in [5, 5.41) is 0. The van der Waals surface area contributed by atoms with Crippen LogP contribution in [-0.4, -0.2) is 17.0 Å². The van der Waals surface area contributed by atoms with Crippen molar-refractivity contribution in [3.05, 3.63) is 36.0 Å². The second-order valence-corrected chi connectivity index (χ2v) is 4.72. The van der Waals surface area contributed by atoms with E-state index >= 15 is 0 Å². The molecular weight excluding hydrogens is 228 g/mol. The molecule has 2 heterocycles. The van der Waals surface area contributed by atoms with Gasteiger partial charge in [0.05, 0.1) is 12.8 Å². The van der Waals surface area contributed by atoms with Gasteiger partial charge in [-0.25, -0.2) is 9.97 Å². The summed E-state index contributed by atoms with van der Waals surface area (Å²) in [7, 11) is 1.97. The molecule has 1 aliphatic carbocycles. The van der Waals surface area contributed by atoms with Gasteiger partial charge in [-0.2, -0.15) is 0 Å². The third kappa shape index (κ3) is 2.30. The van der Waals surface area contributed by atoms with E-state index in [1.807, 2.05) is 24.1 Å². The molecular formula is C13H16N4O. The van der Waals surface area contributed by atoms with Crippen LogP contribution in [-0.2, 0) is 6.54 Å². The van der Waals surface area contributed by atoms with E-state index in [1.165, 1.54) is 12.8 Å². The van der Waals surface area contributed by atoms with E-state index in [2.05, 4.69) is 9.97 Å². The van der Waals surface area contributed by atoms with Crippen LogP contribution in [0.1, 0.15) is 30.3 Å². The first-order chi connectivity index (χ1) is 8.72. The highest BCUT2D eigenvalue weighted by atomic mass is 16.3. The van der Waals surface area contributed by atoms with Crippen molar-refractivity contribution in [3.63, 3.8) is 0 Å². The number of hydrogen-bond donors (Lipinski definition) is 1. The third-order valence-electron chi connectivity index (χ3n) is 3.06. The average Bonchev–Trinajstić information content (AvgIpc) is 3.08. The molecule has 0 bridgehead atoms. The molecule has 0 aliphatic heterocycles. The van der Waals surface area contributed by atoms with Crippen LogP contribution in [0.25, 0.3) is 0 Å². The Morgan fingerprint density at radius 3 is 2.94 bits per heavy atom. The highest BCUT2D eigenvalue weighted by Crippen LogP contribution is 2.38. The van der Waals surface area contributed by atoms with Crippen molar-refractivity contribution in [2.24, 2.45) is 0 Å². The molecule has 1 fully saturated rings. The van der Waals surface area contributed by atoms with Crippen LogP contribution in [0.4, 0.5) is 11.6 Å². The molecule has 3 rings (SSSR count). The Labute approximate surface area is 106 Å². The number of anilines is 2. The van der Waals surface area contributed by atoms with Crippen LogP contribution in [0.15, 0.2) is 28.9 Å². The van der Waals surface area contributed by atoms with E-state index in [0.717, 1.165) is 17.4 Å². The van der Waals surface area contributed by atoms with Gasteiger partial charge in [0.15, 0.2) is 0 Å². The van der Waals surface area contributed by atoms with Gasteiger partial charge in [-0.05, 0) is 25.0 Å². The third-order valence-corrected chi connectivity index (χ3v) is 3.06. The number of aromatic nitrogens is 2. The van der Waals surface area contributed by atoms with Crippen LogP contribution < -0.4 is 10.6 Å². The van der Waals surface area contributed by atoms with Crippen LogP contribution in [0.5, 0.6) is 0 Å². The van der Waals surface area contributed by atoms with E-state index < -0.39 is 0 Å². The first-order valence-corrected chi connectivity index (χ1v) is 6.10. The molecule has 0 spiro atoms. The summed E-state index contributed by atoms with van der Waals surface area (Å²) >= 11 is 0. The molecule has 0 saturated heterocycles. The molecule has 2 aromatic heterocycles. The Kier molecular flexibility index (Phi) is 2.66. The molecule has 1 aliphatic rings. The Balaban J connectivity index is 1.81. The topological polar surface area (TPSA) is 68.2 Å². The summed E-state index contributed by atoms with van der Waals surface area (Å²) in [6, 6.07) is 5.63. The lowest BCUT2D eigenvalue weighted by Crippen LogP contribution is -2.18. The molecule has 0 aromatic carbocycles. The quantitative estimate of drug-likeness (QED) is 0.892. The van der Waals surface area contributed by atoms with Crippen molar-refractivity contribution in [2.45, 2.75) is 25.3 Å². The first-order valence-electron chi connectivity index (χ1n) is 6.10. The molecule has 0 amide bonds. The minimum Gasteiger partial charge on any atom is -0.467 e. The molecule has 0 atom stereocenters. The predicted octanol–water partition coefficient (Wildman–Crippen LogP) is 2.17. The Morgan fingerprint density at radius 2 is 2.28 bits per heavy atom. The van der Waals surface area contributed by atoms with E-state index in [4.69, 9.17) is 10.2 Å². The van der Waals surface area contributed by atoms with Crippen LogP contribution in [0.2, 0.25) is 0 Å². The smallest absolute Gasteiger partial charge is 0.136 e. The molecule has 5 heteroatoms. The number of hydrogen-bond acceptors (Lipinski definition) is 5. The molecule has 2 aromatic rings. The number of nitrogen functional groups attached to an aromatic ring is 1. The normalized spacial score (nSPS) is 14.7. The van der Waals surface area contributed by atoms with Gasteiger partial charge in [-0.1, -0.05) is 0 Å². The predicted molar refractivity (Wildman–Crippen MR) is 69.2 cm³/mol. The van der Waals surface area contributed by atoms with E-state index in [1.54, 1.807) is 12.3 Å². The highest BCUT2D eigenvalue weighted by molar-refractivity contribution is 5.47. The maximum Gasteiger partial charge on any atom is 0.136 e. The number of rotatable bonds is 4. The molecule has 5 nitrogen and oxygen atoms in total. The number of nitrogens with zero attached hydrogens (tertiary/aromatic N) is 3. The van der Waals surface area contributed by atoms with E-state index in [-0.39, 0.29) is 0 Å². The SMILES string of the molecule is CN(Cc1ccco1)c1cc(N)nc(C2CC2)n1. The monoisotopic (exact) mass is 244 g/mol. The molecule has 0 unspecified atom stereocenters. The van der Waals surface area contributed by atoms with Crippen molar-refractivity contribution in [1.82, 2.24) is 9.97 Å². The Hall–Kier alpha value is -2.04. The summed E-state index contributed by atoms with van der Waals surface area (Å²) in [6.45, 7) is 0.674. The lowest BCUT2D eigenvalue weighted by molar-refractivity contribution is 0.507. The fraction of sp³-hybridized carbons (Fsp3) is 0.385. The van der Waals surface area contributed by atoms with Crippen LogP contribution in [0.3, 0.4) is 0 Å². The minimum atomic E-state index is 0.504. The summed E-state index contributed by atoms with van der Waals surface area (Å²) < 4.78 is 5.33. The second kappa shape index (κ2) is 4.33. The number of nitrogens with two attached hydrogens (primary N) is 1. The summed E-state index contributed by atoms with van der Waals surface area (Å²) in [5.74, 6) is 3.66. The largest absolute Gasteiger partial charge is 0.467 e. The lowest BCUT2D eigenvalue weighted by Gasteiger charge is -2.17. The van der Waals surface area contributed by atoms with E-state index in [0.29, 0.717) is 18.3 Å². The Morgan fingerprint density at radius 1 is 1.44 bits per heavy atom. The van der Waals surface area contributed by atoms with Crippen molar-refractivity contribution in [1.29, 1.82) is 0 Å². The van der Waals surface area contributed by atoms with Gasteiger partial charge in [-0.3, -0.25) is 0 Å². The van der Waals surface area contributed by atoms with Gasteiger partial charge in [0.25, 0.3) is 0 Å². The van der Waals surface area contributed by atoms with Crippen LogP contribution >= 0.6 is 0 Å². The average molecular weight is 244 g/mol. The maximum absolute atomic E-state index is 5.83. The molecule has 0 radical (unpaired) electrons. The summed E-state index contributed by atoms with van der Waals surface area (Å²) in [4.78, 5) is 10.9. The zero-order chi connectivity index (χ0) is 12.5. The van der Waals surface area contributed by atoms with Crippen molar-refractivity contribution >= 4 is 11.6 Å². The van der Waals surface area contributed by atoms with Gasteiger partial charge < -0.3 is 15.1 Å².